The summed E-state index contributed by atoms with van der Waals surface area (Å²) in [4.78, 5) is 49.3. The van der Waals surface area contributed by atoms with E-state index >= 15 is 0 Å². The Morgan fingerprint density at radius 3 is 2.55 bits per heavy atom. The van der Waals surface area contributed by atoms with Gasteiger partial charge in [0.05, 0.1) is 30.6 Å². The minimum absolute atomic E-state index is 0.0704. The molecule has 1 amide bonds. The maximum atomic E-state index is 14.2. The SMILES string of the molecule is CCOC(=O)c1nn(-c2ccc(OC)cc2)c2c1CCN(C1C3CN(C4C(=O)C=Cc5nc6ccccc6cc54)CC31)C2=O. The fraction of sp³-hybridized carbons (Fsp3) is 0.324. The van der Waals surface area contributed by atoms with Crippen LogP contribution in [0.15, 0.2) is 60.7 Å². The molecule has 0 spiro atoms. The minimum Gasteiger partial charge on any atom is -0.497 e. The van der Waals surface area contributed by atoms with Crippen LogP contribution in [0.1, 0.15) is 50.8 Å². The Kier molecular flexibility index (Phi) is 6.16. The molecule has 10 nitrogen and oxygen atoms in total. The van der Waals surface area contributed by atoms with Crippen LogP contribution >= 0.6 is 0 Å². The summed E-state index contributed by atoms with van der Waals surface area (Å²) in [6, 6.07) is 17.0. The van der Waals surface area contributed by atoms with Crippen molar-refractivity contribution in [2.45, 2.75) is 25.4 Å². The molecule has 2 aliphatic carbocycles. The number of fused-ring (bicyclic) bond motifs is 4. The molecule has 0 N–H and O–H groups in total. The van der Waals surface area contributed by atoms with Crippen molar-refractivity contribution in [3.05, 3.63) is 88.9 Å². The Morgan fingerprint density at radius 2 is 1.80 bits per heavy atom. The van der Waals surface area contributed by atoms with E-state index in [-0.39, 0.29) is 47.9 Å². The lowest BCUT2D eigenvalue weighted by molar-refractivity contribution is -0.119. The highest BCUT2D eigenvalue weighted by molar-refractivity contribution is 6.03. The van der Waals surface area contributed by atoms with Crippen molar-refractivity contribution in [1.82, 2.24) is 24.6 Å². The van der Waals surface area contributed by atoms with Gasteiger partial charge in [0.2, 0.25) is 0 Å². The van der Waals surface area contributed by atoms with Gasteiger partial charge >= 0.3 is 5.97 Å². The van der Waals surface area contributed by atoms with Crippen molar-refractivity contribution in [1.29, 1.82) is 0 Å². The van der Waals surface area contributed by atoms with Crippen LogP contribution in [0, 0.1) is 11.8 Å². The predicted octanol–water partition coefficient (Wildman–Crippen LogP) is 3.87. The van der Waals surface area contributed by atoms with Crippen LogP contribution in [-0.4, -0.2) is 81.6 Å². The third kappa shape index (κ3) is 4.08. The number of aromatic nitrogens is 3. The number of carbonyl (C=O) groups excluding carboxylic acids is 3. The first-order valence-electron chi connectivity index (χ1n) is 15.1. The number of amides is 1. The van der Waals surface area contributed by atoms with Crippen LogP contribution < -0.4 is 4.74 Å². The lowest BCUT2D eigenvalue weighted by atomic mass is 9.92. The standard InChI is InChI=1S/C34H31N5O5/c1-3-44-34(42)29-22-14-15-38(33(41)32(22)39(36-29)20-8-10-21(43-2)11-9-20)30-24-17-37(18-25(24)30)31-23-16-19-6-4-5-7-26(19)35-27(23)12-13-28(31)40/h4-13,16,24-25,30-31H,3,14-15,17-18H2,1-2H3. The lowest BCUT2D eigenvalue weighted by Gasteiger charge is -2.34. The number of rotatable bonds is 6. The Labute approximate surface area is 253 Å². The number of ketones is 1. The van der Waals surface area contributed by atoms with Crippen LogP contribution in [0.3, 0.4) is 0 Å². The fourth-order valence-corrected chi connectivity index (χ4v) is 7.42. The molecule has 4 aromatic rings. The third-order valence-corrected chi connectivity index (χ3v) is 9.49. The summed E-state index contributed by atoms with van der Waals surface area (Å²) in [6.07, 6.45) is 3.98. The number of hydrogen-bond acceptors (Lipinski definition) is 8. The Hall–Kier alpha value is -4.83. The zero-order chi connectivity index (χ0) is 30.1. The van der Waals surface area contributed by atoms with E-state index in [1.165, 1.54) is 0 Å². The molecule has 222 valence electrons. The van der Waals surface area contributed by atoms with Gasteiger partial charge in [0.1, 0.15) is 17.5 Å². The van der Waals surface area contributed by atoms with E-state index in [2.05, 4.69) is 16.1 Å². The van der Waals surface area contributed by atoms with E-state index < -0.39 is 5.97 Å². The highest BCUT2D eigenvalue weighted by atomic mass is 16.5. The molecule has 0 radical (unpaired) electrons. The molecule has 44 heavy (non-hydrogen) atoms. The molecule has 10 heteroatoms. The second-order valence-electron chi connectivity index (χ2n) is 11.8. The topological polar surface area (TPSA) is 107 Å². The lowest BCUT2D eigenvalue weighted by Crippen LogP contribution is -2.45. The minimum atomic E-state index is -0.523. The quantitative estimate of drug-likeness (QED) is 0.312. The second-order valence-corrected chi connectivity index (χ2v) is 11.8. The van der Waals surface area contributed by atoms with Crippen molar-refractivity contribution in [2.75, 3.05) is 33.4 Å². The average Bonchev–Trinajstić information content (AvgIpc) is 3.34. The Morgan fingerprint density at radius 1 is 1.02 bits per heavy atom. The second kappa shape index (κ2) is 10.1. The van der Waals surface area contributed by atoms with E-state index in [1.54, 1.807) is 36.9 Å². The number of carbonyl (C=O) groups is 3. The maximum absolute atomic E-state index is 14.2. The van der Waals surface area contributed by atoms with Crippen LogP contribution in [0.25, 0.3) is 22.7 Å². The first-order chi connectivity index (χ1) is 21.5. The number of piperidine rings is 1. The number of para-hydroxylation sites is 1. The van der Waals surface area contributed by atoms with Gasteiger partial charge in [0, 0.05) is 42.2 Å². The first kappa shape index (κ1) is 26.8. The molecule has 2 aromatic heterocycles. The van der Waals surface area contributed by atoms with Gasteiger partial charge in [0.15, 0.2) is 11.5 Å². The summed E-state index contributed by atoms with van der Waals surface area (Å²) in [5, 5.41) is 5.61. The van der Waals surface area contributed by atoms with Crippen LogP contribution in [-0.2, 0) is 16.0 Å². The first-order valence-corrected chi connectivity index (χ1v) is 15.1. The van der Waals surface area contributed by atoms with Crippen molar-refractivity contribution >= 4 is 34.6 Å². The summed E-state index contributed by atoms with van der Waals surface area (Å²) >= 11 is 0. The smallest absolute Gasteiger partial charge is 0.359 e. The molecule has 3 atom stereocenters. The van der Waals surface area contributed by atoms with Crippen molar-refractivity contribution in [3.63, 3.8) is 0 Å². The van der Waals surface area contributed by atoms with Gasteiger partial charge in [-0.25, -0.2) is 14.5 Å². The van der Waals surface area contributed by atoms with Gasteiger partial charge in [-0.1, -0.05) is 18.2 Å². The molecular weight excluding hydrogens is 558 g/mol. The highest BCUT2D eigenvalue weighted by Gasteiger charge is 2.61. The van der Waals surface area contributed by atoms with Crippen LogP contribution in [0.2, 0.25) is 0 Å². The molecule has 0 bridgehead atoms. The fourth-order valence-electron chi connectivity index (χ4n) is 7.42. The molecule has 2 aliphatic heterocycles. The predicted molar refractivity (Wildman–Crippen MR) is 162 cm³/mol. The number of methoxy groups -OCH3 is 1. The monoisotopic (exact) mass is 589 g/mol. The zero-order valence-corrected chi connectivity index (χ0v) is 24.5. The summed E-state index contributed by atoms with van der Waals surface area (Å²) in [6.45, 7) is 3.94. The summed E-state index contributed by atoms with van der Waals surface area (Å²) in [5.41, 5.74) is 4.59. The molecule has 2 aromatic carbocycles. The Bertz CT molecular complexity index is 1870. The summed E-state index contributed by atoms with van der Waals surface area (Å²) in [7, 11) is 1.59. The van der Waals surface area contributed by atoms with Gasteiger partial charge in [-0.2, -0.15) is 5.10 Å². The number of benzene rings is 2. The largest absolute Gasteiger partial charge is 0.497 e. The van der Waals surface area contributed by atoms with Crippen LogP contribution in [0.4, 0.5) is 0 Å². The zero-order valence-electron chi connectivity index (χ0n) is 24.5. The van der Waals surface area contributed by atoms with E-state index in [0.717, 1.165) is 35.2 Å². The van der Waals surface area contributed by atoms with E-state index in [1.807, 2.05) is 47.4 Å². The normalized spacial score (nSPS) is 23.8. The van der Waals surface area contributed by atoms with E-state index in [9.17, 15) is 14.4 Å². The molecule has 8 rings (SSSR count). The number of hydrogen-bond donors (Lipinski definition) is 0. The number of likely N-dealkylation sites (tertiary alicyclic amines) is 1. The molecule has 1 saturated carbocycles. The van der Waals surface area contributed by atoms with Crippen molar-refractivity contribution in [3.8, 4) is 11.4 Å². The summed E-state index contributed by atoms with van der Waals surface area (Å²) in [5.74, 6) is 0.651. The average molecular weight is 590 g/mol. The molecule has 4 aliphatic rings. The maximum Gasteiger partial charge on any atom is 0.359 e. The van der Waals surface area contributed by atoms with E-state index in [4.69, 9.17) is 14.5 Å². The highest BCUT2D eigenvalue weighted by Crippen LogP contribution is 2.52. The van der Waals surface area contributed by atoms with Crippen molar-refractivity contribution in [2.24, 2.45) is 11.8 Å². The van der Waals surface area contributed by atoms with Crippen LogP contribution in [0.5, 0.6) is 5.75 Å². The van der Waals surface area contributed by atoms with Gasteiger partial charge in [-0.05, 0) is 73.7 Å². The number of pyridine rings is 1. The molecule has 4 heterocycles. The number of nitrogens with zero attached hydrogens (tertiary/aromatic N) is 5. The van der Waals surface area contributed by atoms with Gasteiger partial charge in [-0.15, -0.1) is 0 Å². The molecule has 2 fully saturated rings. The molecular formula is C34H31N5O5. The van der Waals surface area contributed by atoms with Gasteiger partial charge in [-0.3, -0.25) is 14.5 Å². The molecule has 3 unspecified atom stereocenters. The number of esters is 1. The molecule has 1 saturated heterocycles. The van der Waals surface area contributed by atoms with Gasteiger partial charge < -0.3 is 14.4 Å². The summed E-state index contributed by atoms with van der Waals surface area (Å²) < 4.78 is 12.2. The number of ether oxygens (including phenoxy) is 2. The van der Waals surface area contributed by atoms with Crippen molar-refractivity contribution < 1.29 is 23.9 Å². The van der Waals surface area contributed by atoms with Gasteiger partial charge in [0.25, 0.3) is 5.91 Å². The third-order valence-electron chi connectivity index (χ3n) is 9.49. The van der Waals surface area contributed by atoms with E-state index in [0.29, 0.717) is 35.7 Å². The Balaban J connectivity index is 1.06.